The molecule has 0 fully saturated rings. The molecule has 0 aliphatic rings. The summed E-state index contributed by atoms with van der Waals surface area (Å²) in [6, 6.07) is 12.5. The zero-order valence-electron chi connectivity index (χ0n) is 16.0. The second kappa shape index (κ2) is 10.2. The third-order valence-corrected chi connectivity index (χ3v) is 4.39. The molecular weight excluding hydrogens is 401 g/mol. The number of esters is 1. The molecule has 0 amide bonds. The van der Waals surface area contributed by atoms with Crippen LogP contribution in [0.25, 0.3) is 5.57 Å². The predicted molar refractivity (Wildman–Crippen MR) is 112 cm³/mol. The average Bonchev–Trinajstić information content (AvgIpc) is 2.68. The molecule has 0 saturated carbocycles. The fraction of sp³-hybridized carbons (Fsp3) is 0.238. The van der Waals surface area contributed by atoms with Crippen LogP contribution >= 0.6 is 23.2 Å². The maximum absolute atomic E-state index is 12.1. The van der Waals surface area contributed by atoms with E-state index < -0.39 is 12.1 Å². The quantitative estimate of drug-likeness (QED) is 0.190. The van der Waals surface area contributed by atoms with Gasteiger partial charge in [0, 0.05) is 21.2 Å². The molecule has 5 nitrogen and oxygen atoms in total. The lowest BCUT2D eigenvalue weighted by Crippen LogP contribution is -2.09. The van der Waals surface area contributed by atoms with Crippen molar-refractivity contribution in [2.75, 3.05) is 14.2 Å². The largest absolute Gasteiger partial charge is 0.503 e. The molecule has 1 unspecified atom stereocenters. The number of ether oxygens (including phenoxy) is 2. The zero-order chi connectivity index (χ0) is 20.7. The van der Waals surface area contributed by atoms with Crippen molar-refractivity contribution >= 4 is 40.5 Å². The maximum atomic E-state index is 12.1. The molecule has 0 aliphatic carbocycles. The summed E-state index contributed by atoms with van der Waals surface area (Å²) in [5.41, 5.74) is 3.07. The normalized spacial score (nSPS) is 13.1. The van der Waals surface area contributed by atoms with Crippen LogP contribution in [0.3, 0.4) is 0 Å². The Bertz CT molecular complexity index is 889. The number of methoxy groups -OCH3 is 2. The first kappa shape index (κ1) is 21.8. The summed E-state index contributed by atoms with van der Waals surface area (Å²) >= 11 is 12.1. The fourth-order valence-electron chi connectivity index (χ4n) is 2.58. The number of hydrogen-bond acceptors (Lipinski definition) is 5. The lowest BCUT2D eigenvalue weighted by molar-refractivity contribution is -0.133. The molecule has 0 radical (unpaired) electrons. The number of hydrogen-bond donors (Lipinski definition) is 0. The van der Waals surface area contributed by atoms with Gasteiger partial charge >= 0.3 is 5.97 Å². The predicted octanol–water partition coefficient (Wildman–Crippen LogP) is 5.66. The van der Waals surface area contributed by atoms with Gasteiger partial charge in [-0.3, -0.25) is 0 Å². The van der Waals surface area contributed by atoms with E-state index in [4.69, 9.17) is 37.5 Å². The summed E-state index contributed by atoms with van der Waals surface area (Å²) in [5.74, 6) is -0.505. The third-order valence-electron chi connectivity index (χ3n) is 3.96. The van der Waals surface area contributed by atoms with E-state index in [1.165, 1.54) is 20.5 Å². The lowest BCUT2D eigenvalue weighted by atomic mass is 9.97. The van der Waals surface area contributed by atoms with Crippen LogP contribution in [0, 0.1) is 0 Å². The van der Waals surface area contributed by atoms with Gasteiger partial charge in [0.15, 0.2) is 0 Å². The van der Waals surface area contributed by atoms with E-state index in [0.29, 0.717) is 26.9 Å². The Labute approximate surface area is 174 Å². The molecule has 0 spiro atoms. The molecule has 0 aliphatic heterocycles. The van der Waals surface area contributed by atoms with E-state index in [1.807, 2.05) is 25.1 Å². The summed E-state index contributed by atoms with van der Waals surface area (Å²) in [4.78, 5) is 17.8. The smallest absolute Gasteiger partial charge is 0.341 e. The summed E-state index contributed by atoms with van der Waals surface area (Å²) in [6.07, 6.45) is 0.908. The second-order valence-corrected chi connectivity index (χ2v) is 6.80. The van der Waals surface area contributed by atoms with E-state index in [-0.39, 0.29) is 0 Å². The SMILES string of the molecule is CO/C=C(\C(=O)OC)c1ccccc1C(C)O/N=C(\C)c1cc(Cl)cc(Cl)c1. The standard InChI is InChI=1S/C21H21Cl2NO4/c1-13(15-9-16(22)11-17(23)10-15)24-28-14(2)18-7-5-6-8-19(18)20(12-26-3)21(25)27-4/h5-12,14H,1-4H3/b20-12-,24-13+. The minimum Gasteiger partial charge on any atom is -0.503 e. The molecule has 148 valence electrons. The van der Waals surface area contributed by atoms with Crippen LogP contribution in [-0.2, 0) is 19.1 Å². The van der Waals surface area contributed by atoms with Crippen LogP contribution in [0.5, 0.6) is 0 Å². The minimum absolute atomic E-state index is 0.290. The summed E-state index contributed by atoms with van der Waals surface area (Å²) < 4.78 is 9.89. The van der Waals surface area contributed by atoms with Crippen LogP contribution in [0.4, 0.5) is 0 Å². The van der Waals surface area contributed by atoms with Crippen molar-refractivity contribution in [3.63, 3.8) is 0 Å². The first-order chi connectivity index (χ1) is 13.4. The Morgan fingerprint density at radius 2 is 1.75 bits per heavy atom. The van der Waals surface area contributed by atoms with E-state index in [1.54, 1.807) is 31.2 Å². The van der Waals surface area contributed by atoms with Gasteiger partial charge in [0.2, 0.25) is 0 Å². The van der Waals surface area contributed by atoms with Crippen LogP contribution in [-0.4, -0.2) is 25.9 Å². The van der Waals surface area contributed by atoms with Gasteiger partial charge < -0.3 is 14.3 Å². The topological polar surface area (TPSA) is 57.1 Å². The van der Waals surface area contributed by atoms with Crippen molar-refractivity contribution in [1.29, 1.82) is 0 Å². The number of carbonyl (C=O) groups is 1. The number of carbonyl (C=O) groups excluding carboxylic acids is 1. The Morgan fingerprint density at radius 3 is 2.36 bits per heavy atom. The van der Waals surface area contributed by atoms with Gasteiger partial charge in [-0.15, -0.1) is 0 Å². The molecule has 2 rings (SSSR count). The van der Waals surface area contributed by atoms with Crippen LogP contribution in [0.2, 0.25) is 10.0 Å². The van der Waals surface area contributed by atoms with Gasteiger partial charge in [0.05, 0.1) is 26.2 Å². The highest BCUT2D eigenvalue weighted by Crippen LogP contribution is 2.28. The Morgan fingerprint density at radius 1 is 1.11 bits per heavy atom. The van der Waals surface area contributed by atoms with Gasteiger partial charge in [-0.25, -0.2) is 4.79 Å². The van der Waals surface area contributed by atoms with Crippen molar-refractivity contribution in [2.24, 2.45) is 5.16 Å². The molecule has 7 heteroatoms. The van der Waals surface area contributed by atoms with Crippen LogP contribution in [0.1, 0.15) is 36.6 Å². The highest BCUT2D eigenvalue weighted by Gasteiger charge is 2.20. The van der Waals surface area contributed by atoms with Gasteiger partial charge in [-0.2, -0.15) is 0 Å². The molecule has 0 saturated heterocycles. The van der Waals surface area contributed by atoms with E-state index in [2.05, 4.69) is 5.16 Å². The molecule has 28 heavy (non-hydrogen) atoms. The third kappa shape index (κ3) is 5.50. The van der Waals surface area contributed by atoms with Crippen LogP contribution in [0.15, 0.2) is 53.9 Å². The van der Waals surface area contributed by atoms with Gasteiger partial charge in [-0.1, -0.05) is 52.6 Å². The molecule has 2 aromatic carbocycles. The summed E-state index contributed by atoms with van der Waals surface area (Å²) in [5, 5.41) is 5.23. The average molecular weight is 422 g/mol. The Hall–Kier alpha value is -2.50. The molecule has 1 atom stereocenters. The monoisotopic (exact) mass is 421 g/mol. The number of rotatable bonds is 7. The minimum atomic E-state index is -0.505. The van der Waals surface area contributed by atoms with Gasteiger partial charge in [0.1, 0.15) is 11.7 Å². The molecule has 2 aromatic rings. The molecule has 0 bridgehead atoms. The van der Waals surface area contributed by atoms with Crippen molar-refractivity contribution in [2.45, 2.75) is 20.0 Å². The van der Waals surface area contributed by atoms with Crippen molar-refractivity contribution in [1.82, 2.24) is 0 Å². The molecule has 0 aromatic heterocycles. The molecular formula is C21H21Cl2NO4. The first-order valence-electron chi connectivity index (χ1n) is 8.44. The second-order valence-electron chi connectivity index (χ2n) is 5.93. The molecule has 0 heterocycles. The zero-order valence-corrected chi connectivity index (χ0v) is 17.5. The highest BCUT2D eigenvalue weighted by atomic mass is 35.5. The first-order valence-corrected chi connectivity index (χ1v) is 9.20. The summed E-state index contributed by atoms with van der Waals surface area (Å²) in [7, 11) is 2.79. The number of benzene rings is 2. The van der Waals surface area contributed by atoms with Crippen LogP contribution < -0.4 is 0 Å². The number of halogens is 2. The van der Waals surface area contributed by atoms with Gasteiger partial charge in [-0.05, 0) is 37.6 Å². The number of oxime groups is 1. The van der Waals surface area contributed by atoms with E-state index >= 15 is 0 Å². The number of nitrogens with zero attached hydrogens (tertiary/aromatic N) is 1. The van der Waals surface area contributed by atoms with Gasteiger partial charge in [0.25, 0.3) is 0 Å². The van der Waals surface area contributed by atoms with Crippen molar-refractivity contribution < 1.29 is 19.1 Å². The summed E-state index contributed by atoms with van der Waals surface area (Å²) in [6.45, 7) is 3.63. The Balaban J connectivity index is 2.31. The van der Waals surface area contributed by atoms with Crippen molar-refractivity contribution in [3.8, 4) is 0 Å². The fourth-order valence-corrected chi connectivity index (χ4v) is 3.10. The molecule has 0 N–H and O–H groups in total. The lowest BCUT2D eigenvalue weighted by Gasteiger charge is -2.16. The Kier molecular flexibility index (Phi) is 7.91. The van der Waals surface area contributed by atoms with E-state index in [9.17, 15) is 4.79 Å². The van der Waals surface area contributed by atoms with Crippen molar-refractivity contribution in [3.05, 3.63) is 75.5 Å². The van der Waals surface area contributed by atoms with E-state index in [0.717, 1.165) is 11.1 Å². The highest BCUT2D eigenvalue weighted by molar-refractivity contribution is 6.35. The maximum Gasteiger partial charge on any atom is 0.341 e.